The van der Waals surface area contributed by atoms with Crippen LogP contribution in [0, 0.1) is 16.7 Å². The molecule has 158 valence electrons. The summed E-state index contributed by atoms with van der Waals surface area (Å²) in [6.07, 6.45) is -0.842. The molecule has 2 N–H and O–H groups in total. The highest BCUT2D eigenvalue weighted by molar-refractivity contribution is 7.77. The number of halogens is 4. The van der Waals surface area contributed by atoms with Crippen molar-refractivity contribution in [3.05, 3.63) is 28.8 Å². The van der Waals surface area contributed by atoms with Crippen LogP contribution in [-0.2, 0) is 0 Å². The molecule has 3 saturated carbocycles. The maximum absolute atomic E-state index is 13.0. The van der Waals surface area contributed by atoms with Crippen molar-refractivity contribution in [2.75, 3.05) is 12.0 Å². The van der Waals surface area contributed by atoms with E-state index in [0.717, 1.165) is 42.9 Å². The molecule has 1 amide bonds. The number of alkyl halides is 3. The van der Waals surface area contributed by atoms with E-state index in [2.05, 4.69) is 29.6 Å². The maximum Gasteiger partial charge on any atom is 0.390 e. The van der Waals surface area contributed by atoms with Gasteiger partial charge >= 0.3 is 6.18 Å². The molecule has 0 heterocycles. The van der Waals surface area contributed by atoms with Gasteiger partial charge in [0.2, 0.25) is 0 Å². The number of nitrogens with one attached hydrogen (secondary N) is 2. The number of hydrazine groups is 1. The Morgan fingerprint density at radius 2 is 1.86 bits per heavy atom. The number of anilines is 1. The monoisotopic (exact) mass is 446 g/mol. The Bertz CT molecular complexity index is 802. The predicted molar refractivity (Wildman–Crippen MR) is 107 cm³/mol. The Balaban J connectivity index is 1.70. The minimum absolute atomic E-state index is 0.259. The zero-order valence-electron chi connectivity index (χ0n) is 15.7. The first-order chi connectivity index (χ1) is 13.6. The molecule has 3 aliphatic rings. The van der Waals surface area contributed by atoms with Gasteiger partial charge in [-0.25, -0.2) is 0 Å². The van der Waals surface area contributed by atoms with Gasteiger partial charge in [-0.05, 0) is 56.7 Å². The van der Waals surface area contributed by atoms with E-state index >= 15 is 0 Å². The lowest BCUT2D eigenvalue weighted by atomic mass is 9.58. The predicted octanol–water partition coefficient (Wildman–Crippen LogP) is 5.11. The molecule has 1 aromatic carbocycles. The topological polar surface area (TPSA) is 68.2 Å². The van der Waals surface area contributed by atoms with Gasteiger partial charge in [-0.1, -0.05) is 24.4 Å². The van der Waals surface area contributed by atoms with E-state index in [0.29, 0.717) is 5.02 Å². The van der Waals surface area contributed by atoms with Crippen molar-refractivity contribution >= 4 is 36.0 Å². The second-order valence-electron chi connectivity index (χ2n) is 7.92. The number of rotatable bonds is 6. The van der Waals surface area contributed by atoms with Gasteiger partial charge in [0.15, 0.2) is 0 Å². The van der Waals surface area contributed by atoms with E-state index in [1.807, 2.05) is 0 Å². The van der Waals surface area contributed by atoms with Crippen molar-refractivity contribution in [3.63, 3.8) is 0 Å². The normalized spacial score (nSPS) is 26.2. The van der Waals surface area contributed by atoms with Crippen LogP contribution in [0.1, 0.15) is 55.3 Å². The van der Waals surface area contributed by atoms with Crippen LogP contribution in [0.25, 0.3) is 0 Å². The van der Waals surface area contributed by atoms with Gasteiger partial charge in [-0.3, -0.25) is 4.79 Å². The summed E-state index contributed by atoms with van der Waals surface area (Å²) in [5.41, 5.74) is 2.66. The van der Waals surface area contributed by atoms with E-state index in [4.69, 9.17) is 11.6 Å². The van der Waals surface area contributed by atoms with Crippen molar-refractivity contribution < 1.29 is 18.0 Å². The highest BCUT2D eigenvalue weighted by atomic mass is 35.5. The van der Waals surface area contributed by atoms with Crippen LogP contribution in [0.15, 0.2) is 18.2 Å². The lowest BCUT2D eigenvalue weighted by molar-refractivity contribution is -0.135. The number of hydrogen-bond acceptors (Lipinski definition) is 5. The maximum atomic E-state index is 13.0. The molecule has 0 aliphatic heterocycles. The molecule has 4 rings (SSSR count). The molecule has 0 saturated heterocycles. The molecule has 2 bridgehead atoms. The first-order valence-corrected chi connectivity index (χ1v) is 10.2. The van der Waals surface area contributed by atoms with Crippen LogP contribution in [0.5, 0.6) is 0 Å². The summed E-state index contributed by atoms with van der Waals surface area (Å²) >= 11 is 10.0. The first kappa shape index (κ1) is 22.1. The molecule has 0 spiro atoms. The third kappa shape index (κ3) is 5.30. The smallest absolute Gasteiger partial charge is 0.347 e. The Hall–Kier alpha value is -1.63. The molecular formula is C19H22ClF3N4OS. The van der Waals surface area contributed by atoms with Crippen molar-refractivity contribution in [3.8, 4) is 6.07 Å². The molecule has 1 aromatic rings. The highest BCUT2D eigenvalue weighted by Gasteiger charge is 2.49. The third-order valence-corrected chi connectivity index (χ3v) is 6.48. The fraction of sp³-hybridized carbons (Fsp3) is 0.579. The van der Waals surface area contributed by atoms with Gasteiger partial charge in [0.25, 0.3) is 5.91 Å². The Morgan fingerprint density at radius 3 is 2.41 bits per heavy atom. The van der Waals surface area contributed by atoms with E-state index < -0.39 is 19.1 Å². The molecule has 0 atom stereocenters. The third-order valence-electron chi connectivity index (χ3n) is 5.95. The van der Waals surface area contributed by atoms with Crippen LogP contribution < -0.4 is 10.7 Å². The molecule has 10 heteroatoms. The number of carbonyl (C=O) groups is 1. The number of nitriles is 1. The molecular weight excluding hydrogens is 425 g/mol. The van der Waals surface area contributed by atoms with E-state index in [1.54, 1.807) is 6.07 Å². The van der Waals surface area contributed by atoms with Gasteiger partial charge in [-0.15, -0.1) is 0 Å². The van der Waals surface area contributed by atoms with E-state index in [1.165, 1.54) is 12.1 Å². The molecule has 3 aliphatic carbocycles. The van der Waals surface area contributed by atoms with Crippen molar-refractivity contribution in [1.82, 2.24) is 9.73 Å². The lowest BCUT2D eigenvalue weighted by Crippen LogP contribution is -2.56. The first-order valence-electron chi connectivity index (χ1n) is 9.39. The zero-order valence-corrected chi connectivity index (χ0v) is 17.3. The summed E-state index contributed by atoms with van der Waals surface area (Å²) in [5.74, 6) is -0.326. The summed E-state index contributed by atoms with van der Waals surface area (Å²) in [4.78, 5) is 13.0. The van der Waals surface area contributed by atoms with Gasteiger partial charge in [0.1, 0.15) is 0 Å². The van der Waals surface area contributed by atoms with Crippen LogP contribution in [0.4, 0.5) is 18.9 Å². The Kier molecular flexibility index (Phi) is 6.27. The fourth-order valence-corrected chi connectivity index (χ4v) is 4.46. The molecule has 29 heavy (non-hydrogen) atoms. The second-order valence-corrected chi connectivity index (χ2v) is 8.84. The summed E-state index contributed by atoms with van der Waals surface area (Å²) in [6.45, 7) is -0.402. The van der Waals surface area contributed by atoms with Crippen LogP contribution >= 0.6 is 24.4 Å². The van der Waals surface area contributed by atoms with Crippen molar-refractivity contribution in [1.29, 1.82) is 5.26 Å². The number of carbonyl (C=O) groups excluding carboxylic acids is 1. The van der Waals surface area contributed by atoms with Gasteiger partial charge in [0.05, 0.1) is 29.2 Å². The summed E-state index contributed by atoms with van der Waals surface area (Å²) in [6, 6.07) is 7.01. The number of nitrogens with zero attached hydrogens (tertiary/aromatic N) is 2. The van der Waals surface area contributed by atoms with Gasteiger partial charge in [-0.2, -0.15) is 22.8 Å². The number of fused-ring (bicyclic) bond motifs is 3. The summed E-state index contributed by atoms with van der Waals surface area (Å²) < 4.78 is 38.3. The van der Waals surface area contributed by atoms with Crippen molar-refractivity contribution in [2.24, 2.45) is 5.41 Å². The van der Waals surface area contributed by atoms with E-state index in [-0.39, 0.29) is 28.1 Å². The highest BCUT2D eigenvalue weighted by Crippen LogP contribution is 2.52. The largest absolute Gasteiger partial charge is 0.390 e. The zero-order chi connectivity index (χ0) is 21.3. The number of hydrogen-bond donors (Lipinski definition) is 3. The average molecular weight is 447 g/mol. The summed E-state index contributed by atoms with van der Waals surface area (Å²) in [7, 11) is 0. The second kappa shape index (κ2) is 8.25. The van der Waals surface area contributed by atoms with Crippen LogP contribution in [0.2, 0.25) is 5.02 Å². The van der Waals surface area contributed by atoms with Gasteiger partial charge < -0.3 is 10.7 Å². The minimum atomic E-state index is -4.31. The minimum Gasteiger partial charge on any atom is -0.347 e. The lowest BCUT2D eigenvalue weighted by Gasteiger charge is -2.50. The molecule has 0 unspecified atom stereocenters. The van der Waals surface area contributed by atoms with Crippen molar-refractivity contribution in [2.45, 2.75) is 56.7 Å². The summed E-state index contributed by atoms with van der Waals surface area (Å²) in [5, 5.41) is 12.9. The average Bonchev–Trinajstić information content (AvgIpc) is 2.67. The standard InChI is InChI=1S/C19H22ClF3N4OS/c20-13-1-2-14(15(11-13)26-27(29)10-9-19(21,22)23)16(28)25-18-6-3-17(12-24,4-7-18)5-8-18/h1-2,11,26,29H,3-10H2,(H,25,28). The number of benzene rings is 1. The molecule has 3 fully saturated rings. The van der Waals surface area contributed by atoms with Crippen LogP contribution in [-0.4, -0.2) is 28.6 Å². The molecule has 5 nitrogen and oxygen atoms in total. The quantitative estimate of drug-likeness (QED) is 0.419. The Morgan fingerprint density at radius 1 is 1.24 bits per heavy atom. The fourth-order valence-electron chi connectivity index (χ4n) is 4.08. The number of amides is 1. The number of thiol groups is 1. The SMILES string of the molecule is N#CC12CCC(NC(=O)c3ccc(Cl)cc3NN(S)CCC(F)(F)F)(CC1)CC2. The molecule has 0 radical (unpaired) electrons. The van der Waals surface area contributed by atoms with E-state index in [9.17, 15) is 23.2 Å². The van der Waals surface area contributed by atoms with Gasteiger partial charge in [0, 0.05) is 17.1 Å². The Labute approximate surface area is 178 Å². The molecule has 0 aromatic heterocycles. The van der Waals surface area contributed by atoms with Crippen LogP contribution in [0.3, 0.4) is 0 Å².